The van der Waals surface area contributed by atoms with Crippen molar-refractivity contribution in [3.05, 3.63) is 0 Å². The lowest BCUT2D eigenvalue weighted by Gasteiger charge is -2.23. The van der Waals surface area contributed by atoms with Gasteiger partial charge in [-0.15, -0.1) is 0 Å². The lowest BCUT2D eigenvalue weighted by molar-refractivity contribution is 0.414. The van der Waals surface area contributed by atoms with Crippen LogP contribution in [0, 0.1) is 0 Å². The van der Waals surface area contributed by atoms with E-state index in [9.17, 15) is 8.42 Å². The Kier molecular flexibility index (Phi) is 6.76. The summed E-state index contributed by atoms with van der Waals surface area (Å²) >= 11 is 1.65. The molecule has 0 amide bonds. The maximum atomic E-state index is 11.7. The summed E-state index contributed by atoms with van der Waals surface area (Å²) < 4.78 is 24.8. The summed E-state index contributed by atoms with van der Waals surface area (Å²) in [6.45, 7) is 2.33. The summed E-state index contributed by atoms with van der Waals surface area (Å²) in [6.07, 6.45) is 2.50. The molecular formula is C8H20N2O2S2. The number of nitrogens with zero attached hydrogens (tertiary/aromatic N) is 1. The maximum absolute atomic E-state index is 11.7. The van der Waals surface area contributed by atoms with Crippen LogP contribution in [0.2, 0.25) is 0 Å². The molecule has 0 bridgehead atoms. The fourth-order valence-electron chi connectivity index (χ4n) is 1.03. The fourth-order valence-corrected chi connectivity index (χ4v) is 3.27. The summed E-state index contributed by atoms with van der Waals surface area (Å²) in [5.74, 6) is 0.969. The van der Waals surface area contributed by atoms with Crippen molar-refractivity contribution >= 4 is 21.8 Å². The number of hydrogen-bond acceptors (Lipinski definition) is 4. The molecule has 6 heteroatoms. The van der Waals surface area contributed by atoms with Crippen LogP contribution in [0.25, 0.3) is 0 Å². The van der Waals surface area contributed by atoms with Crippen molar-refractivity contribution in [2.75, 3.05) is 31.4 Å². The molecule has 0 saturated carbocycles. The molecule has 0 aliphatic heterocycles. The van der Waals surface area contributed by atoms with Gasteiger partial charge < -0.3 is 5.73 Å². The highest BCUT2D eigenvalue weighted by Crippen LogP contribution is 2.09. The molecule has 0 radical (unpaired) electrons. The highest BCUT2D eigenvalue weighted by Gasteiger charge is 2.21. The summed E-state index contributed by atoms with van der Waals surface area (Å²) in [5.41, 5.74) is 5.28. The molecule has 0 rings (SSSR count). The monoisotopic (exact) mass is 240 g/mol. The Morgan fingerprint density at radius 3 is 2.50 bits per heavy atom. The lowest BCUT2D eigenvalue weighted by atomic mass is 10.4. The molecule has 0 aromatic rings. The van der Waals surface area contributed by atoms with Crippen LogP contribution in [0.15, 0.2) is 0 Å². The van der Waals surface area contributed by atoms with E-state index in [1.807, 2.05) is 13.2 Å². The molecule has 0 aromatic carbocycles. The van der Waals surface area contributed by atoms with Crippen LogP contribution in [-0.2, 0) is 10.0 Å². The molecule has 1 atom stereocenters. The van der Waals surface area contributed by atoms with Crippen molar-refractivity contribution in [3.8, 4) is 0 Å². The lowest BCUT2D eigenvalue weighted by Crippen LogP contribution is -2.38. The van der Waals surface area contributed by atoms with Gasteiger partial charge in [-0.2, -0.15) is 11.8 Å². The highest BCUT2D eigenvalue weighted by atomic mass is 32.2. The second-order valence-electron chi connectivity index (χ2n) is 3.28. The van der Waals surface area contributed by atoms with E-state index in [-0.39, 0.29) is 11.8 Å². The van der Waals surface area contributed by atoms with Crippen LogP contribution in [0.3, 0.4) is 0 Å². The predicted molar refractivity (Wildman–Crippen MR) is 63.1 cm³/mol. The summed E-state index contributed by atoms with van der Waals surface area (Å²) in [6, 6.07) is 0.0489. The van der Waals surface area contributed by atoms with Gasteiger partial charge in [0.15, 0.2) is 0 Å². The number of thioether (sulfide) groups is 1. The predicted octanol–water partition coefficient (Wildman–Crippen LogP) is 0.348. The van der Waals surface area contributed by atoms with E-state index in [1.165, 1.54) is 4.31 Å². The summed E-state index contributed by atoms with van der Waals surface area (Å²) in [4.78, 5) is 0. The molecule has 0 aliphatic rings. The second kappa shape index (κ2) is 6.66. The number of rotatable bonds is 7. The minimum Gasteiger partial charge on any atom is -0.330 e. The van der Waals surface area contributed by atoms with Gasteiger partial charge in [0.25, 0.3) is 0 Å². The van der Waals surface area contributed by atoms with Crippen molar-refractivity contribution in [3.63, 3.8) is 0 Å². The zero-order valence-corrected chi connectivity index (χ0v) is 10.7. The Labute approximate surface area is 91.3 Å². The van der Waals surface area contributed by atoms with Gasteiger partial charge in [-0.1, -0.05) is 0 Å². The Morgan fingerprint density at radius 2 is 2.07 bits per heavy atom. The molecule has 0 fully saturated rings. The van der Waals surface area contributed by atoms with Crippen LogP contribution in [0.5, 0.6) is 0 Å². The SMILES string of the molecule is CSCC(C)N(C)S(=O)(=O)CCCN. The standard InChI is InChI=1S/C8H20N2O2S2/c1-8(7-13-3)10(2)14(11,12)6-4-5-9/h8H,4-7,9H2,1-3H3. The summed E-state index contributed by atoms with van der Waals surface area (Å²) in [7, 11) is -1.47. The molecule has 4 nitrogen and oxygen atoms in total. The van der Waals surface area contributed by atoms with Gasteiger partial charge in [-0.05, 0) is 26.1 Å². The zero-order valence-electron chi connectivity index (χ0n) is 9.06. The molecule has 1 unspecified atom stereocenters. The fraction of sp³-hybridized carbons (Fsp3) is 1.00. The Balaban J connectivity index is 4.27. The normalized spacial score (nSPS) is 14.6. The van der Waals surface area contributed by atoms with Crippen molar-refractivity contribution in [2.45, 2.75) is 19.4 Å². The second-order valence-corrected chi connectivity index (χ2v) is 6.34. The third-order valence-corrected chi connectivity index (χ3v) is 4.93. The molecule has 86 valence electrons. The quantitative estimate of drug-likeness (QED) is 0.697. The van der Waals surface area contributed by atoms with E-state index < -0.39 is 10.0 Å². The third kappa shape index (κ3) is 4.63. The van der Waals surface area contributed by atoms with Crippen LogP contribution < -0.4 is 5.73 Å². The average molecular weight is 240 g/mol. The summed E-state index contributed by atoms with van der Waals surface area (Å²) in [5, 5.41) is 0. The van der Waals surface area contributed by atoms with Gasteiger partial charge in [0.05, 0.1) is 5.75 Å². The van der Waals surface area contributed by atoms with Crippen molar-refractivity contribution in [2.24, 2.45) is 5.73 Å². The first kappa shape index (κ1) is 14.2. The van der Waals surface area contributed by atoms with E-state index in [2.05, 4.69) is 0 Å². The van der Waals surface area contributed by atoms with E-state index in [4.69, 9.17) is 5.73 Å². The van der Waals surface area contributed by atoms with Crippen LogP contribution in [0.4, 0.5) is 0 Å². The molecule has 0 spiro atoms. The van der Waals surface area contributed by atoms with E-state index in [0.29, 0.717) is 13.0 Å². The van der Waals surface area contributed by atoms with Crippen molar-refractivity contribution in [1.29, 1.82) is 0 Å². The zero-order chi connectivity index (χ0) is 11.2. The van der Waals surface area contributed by atoms with Crippen LogP contribution in [0.1, 0.15) is 13.3 Å². The smallest absolute Gasteiger partial charge is 0.214 e. The minimum absolute atomic E-state index is 0.0489. The number of hydrogen-bond donors (Lipinski definition) is 1. The van der Waals surface area contributed by atoms with Gasteiger partial charge in [-0.3, -0.25) is 0 Å². The Hall–Kier alpha value is 0.220. The molecule has 0 aliphatic carbocycles. The van der Waals surface area contributed by atoms with Gasteiger partial charge in [-0.25, -0.2) is 12.7 Å². The average Bonchev–Trinajstić information content (AvgIpc) is 2.14. The highest BCUT2D eigenvalue weighted by molar-refractivity contribution is 7.98. The number of nitrogens with two attached hydrogens (primary N) is 1. The third-order valence-electron chi connectivity index (χ3n) is 2.07. The molecule has 0 heterocycles. The molecule has 0 aromatic heterocycles. The molecule has 14 heavy (non-hydrogen) atoms. The van der Waals surface area contributed by atoms with Gasteiger partial charge >= 0.3 is 0 Å². The van der Waals surface area contributed by atoms with E-state index in [1.54, 1.807) is 18.8 Å². The van der Waals surface area contributed by atoms with Crippen molar-refractivity contribution in [1.82, 2.24) is 4.31 Å². The first-order valence-corrected chi connectivity index (χ1v) is 7.60. The van der Waals surface area contributed by atoms with Crippen molar-refractivity contribution < 1.29 is 8.42 Å². The molecule has 2 N–H and O–H groups in total. The Bertz CT molecular complexity index is 242. The van der Waals surface area contributed by atoms with E-state index in [0.717, 1.165) is 5.75 Å². The molecular weight excluding hydrogens is 220 g/mol. The van der Waals surface area contributed by atoms with Gasteiger partial charge in [0, 0.05) is 18.8 Å². The Morgan fingerprint density at radius 1 is 1.50 bits per heavy atom. The minimum atomic E-state index is -3.10. The van der Waals surface area contributed by atoms with Crippen LogP contribution in [-0.4, -0.2) is 50.1 Å². The molecule has 0 saturated heterocycles. The van der Waals surface area contributed by atoms with Crippen LogP contribution >= 0.6 is 11.8 Å². The maximum Gasteiger partial charge on any atom is 0.214 e. The largest absolute Gasteiger partial charge is 0.330 e. The van der Waals surface area contributed by atoms with Gasteiger partial charge in [0.2, 0.25) is 10.0 Å². The van der Waals surface area contributed by atoms with E-state index >= 15 is 0 Å². The topological polar surface area (TPSA) is 63.4 Å². The van der Waals surface area contributed by atoms with Gasteiger partial charge in [0.1, 0.15) is 0 Å². The first-order valence-electron chi connectivity index (χ1n) is 4.60. The number of sulfonamides is 1. The first-order chi connectivity index (χ1) is 6.45.